The number of aryl methyl sites for hydroxylation is 1. The lowest BCUT2D eigenvalue weighted by Gasteiger charge is -2.40. The summed E-state index contributed by atoms with van der Waals surface area (Å²) in [7, 11) is 0. The van der Waals surface area contributed by atoms with E-state index in [9.17, 15) is 22.8 Å². The van der Waals surface area contributed by atoms with Gasteiger partial charge in [0.25, 0.3) is 5.56 Å². The highest BCUT2D eigenvalue weighted by atomic mass is 19.4. The Morgan fingerprint density at radius 1 is 1.22 bits per heavy atom. The Hall–Kier alpha value is -1.79. The van der Waals surface area contributed by atoms with Gasteiger partial charge in [-0.25, -0.2) is 0 Å². The highest BCUT2D eigenvalue weighted by Gasteiger charge is 2.45. The molecule has 2 heterocycles. The first-order chi connectivity index (χ1) is 10.5. The third-order valence-electron chi connectivity index (χ3n) is 4.87. The van der Waals surface area contributed by atoms with Gasteiger partial charge in [-0.1, -0.05) is 27.7 Å². The van der Waals surface area contributed by atoms with Crippen LogP contribution in [0.3, 0.4) is 0 Å². The van der Waals surface area contributed by atoms with Gasteiger partial charge >= 0.3 is 12.1 Å². The normalized spacial score (nSPS) is 16.7. The summed E-state index contributed by atoms with van der Waals surface area (Å²) in [5, 5.41) is 1.70. The van der Waals surface area contributed by atoms with Crippen LogP contribution in [0.25, 0.3) is 0 Å². The van der Waals surface area contributed by atoms with Crippen LogP contribution >= 0.6 is 0 Å². The van der Waals surface area contributed by atoms with Gasteiger partial charge in [-0.15, -0.1) is 0 Å². The van der Waals surface area contributed by atoms with Gasteiger partial charge in [-0.05, 0) is 36.8 Å². The largest absolute Gasteiger partial charge is 0.471 e. The van der Waals surface area contributed by atoms with Gasteiger partial charge in [0.1, 0.15) is 5.69 Å². The van der Waals surface area contributed by atoms with E-state index in [0.29, 0.717) is 6.42 Å². The molecule has 0 unspecified atom stereocenters. The quantitative estimate of drug-likeness (QED) is 0.924. The third kappa shape index (κ3) is 2.77. The summed E-state index contributed by atoms with van der Waals surface area (Å²) >= 11 is 0. The summed E-state index contributed by atoms with van der Waals surface area (Å²) in [5.41, 5.74) is -0.558. The van der Waals surface area contributed by atoms with E-state index in [-0.39, 0.29) is 17.5 Å². The van der Waals surface area contributed by atoms with E-state index in [1.54, 1.807) is 16.0 Å². The molecule has 0 radical (unpaired) electrons. The number of anilines is 1. The fourth-order valence-electron chi connectivity index (χ4n) is 3.72. The lowest BCUT2D eigenvalue weighted by Crippen LogP contribution is -2.47. The molecule has 1 aliphatic heterocycles. The SMILES string of the molecule is CC(C)C1(C(C)C)CCc2ccc(NC(=O)C(F)(F)F)c(=O)n21. The molecule has 0 atom stereocenters. The van der Waals surface area contributed by atoms with Gasteiger partial charge in [-0.2, -0.15) is 13.2 Å². The second kappa shape index (κ2) is 5.69. The first-order valence-corrected chi connectivity index (χ1v) is 7.65. The van der Waals surface area contributed by atoms with Crippen LogP contribution in [0.4, 0.5) is 18.9 Å². The number of nitrogens with zero attached hydrogens (tertiary/aromatic N) is 1. The van der Waals surface area contributed by atoms with E-state index in [4.69, 9.17) is 0 Å². The van der Waals surface area contributed by atoms with Crippen LogP contribution in [-0.2, 0) is 16.8 Å². The van der Waals surface area contributed by atoms with Gasteiger partial charge < -0.3 is 9.88 Å². The molecule has 0 aromatic carbocycles. The Morgan fingerprint density at radius 3 is 2.26 bits per heavy atom. The summed E-state index contributed by atoms with van der Waals surface area (Å²) in [5.74, 6) is -1.86. The van der Waals surface area contributed by atoms with E-state index in [2.05, 4.69) is 0 Å². The summed E-state index contributed by atoms with van der Waals surface area (Å²) in [6, 6.07) is 2.88. The molecule has 23 heavy (non-hydrogen) atoms. The number of alkyl halides is 3. The van der Waals surface area contributed by atoms with E-state index in [1.165, 1.54) is 6.07 Å². The Labute approximate surface area is 132 Å². The van der Waals surface area contributed by atoms with Crippen molar-refractivity contribution in [2.75, 3.05) is 5.32 Å². The molecule has 0 saturated carbocycles. The topological polar surface area (TPSA) is 51.1 Å². The number of pyridine rings is 1. The Balaban J connectivity index is 2.55. The maximum atomic E-state index is 12.7. The summed E-state index contributed by atoms with van der Waals surface area (Å²) in [6.45, 7) is 8.01. The second-order valence-electron chi connectivity index (χ2n) is 6.63. The number of hydrogen-bond donors (Lipinski definition) is 1. The van der Waals surface area contributed by atoms with Crippen LogP contribution in [0, 0.1) is 11.8 Å². The number of aromatic nitrogens is 1. The van der Waals surface area contributed by atoms with Crippen molar-refractivity contribution >= 4 is 11.6 Å². The second-order valence-corrected chi connectivity index (χ2v) is 6.63. The van der Waals surface area contributed by atoms with Crippen molar-refractivity contribution in [3.05, 3.63) is 28.2 Å². The van der Waals surface area contributed by atoms with Crippen molar-refractivity contribution in [2.24, 2.45) is 11.8 Å². The van der Waals surface area contributed by atoms with Gasteiger partial charge in [0.2, 0.25) is 0 Å². The molecule has 4 nitrogen and oxygen atoms in total. The standard InChI is InChI=1S/C16H21F3N2O2/c1-9(2)15(10(3)4)8-7-11-5-6-12(13(22)21(11)15)20-14(23)16(17,18)19/h5-6,9-10H,7-8H2,1-4H3,(H,20,23). The molecule has 0 bridgehead atoms. The number of halogens is 3. The van der Waals surface area contributed by atoms with E-state index in [0.717, 1.165) is 12.1 Å². The van der Waals surface area contributed by atoms with Crippen molar-refractivity contribution in [3.8, 4) is 0 Å². The maximum Gasteiger partial charge on any atom is 0.471 e. The number of amides is 1. The zero-order valence-corrected chi connectivity index (χ0v) is 13.6. The summed E-state index contributed by atoms with van der Waals surface area (Å²) < 4.78 is 38.9. The van der Waals surface area contributed by atoms with E-state index >= 15 is 0 Å². The highest BCUT2D eigenvalue weighted by molar-refractivity contribution is 5.94. The minimum atomic E-state index is -5.02. The van der Waals surface area contributed by atoms with Crippen LogP contribution in [-0.4, -0.2) is 16.7 Å². The van der Waals surface area contributed by atoms with Crippen LogP contribution < -0.4 is 10.9 Å². The molecule has 1 N–H and O–H groups in total. The van der Waals surface area contributed by atoms with Crippen molar-refractivity contribution in [1.82, 2.24) is 4.57 Å². The number of nitrogens with one attached hydrogen (secondary N) is 1. The van der Waals surface area contributed by atoms with Crippen LogP contribution in [0.15, 0.2) is 16.9 Å². The Morgan fingerprint density at radius 2 is 1.78 bits per heavy atom. The molecule has 128 valence electrons. The molecule has 7 heteroatoms. The molecule has 1 aliphatic rings. The number of carbonyl (C=O) groups is 1. The number of rotatable bonds is 3. The molecule has 1 aromatic rings. The third-order valence-corrected chi connectivity index (χ3v) is 4.87. The zero-order valence-electron chi connectivity index (χ0n) is 13.6. The van der Waals surface area contributed by atoms with Crippen LogP contribution in [0.2, 0.25) is 0 Å². The Kier molecular flexibility index (Phi) is 4.34. The first-order valence-electron chi connectivity index (χ1n) is 7.65. The predicted octanol–water partition coefficient (Wildman–Crippen LogP) is 3.30. The van der Waals surface area contributed by atoms with Gasteiger partial charge in [0.15, 0.2) is 0 Å². The predicted molar refractivity (Wildman–Crippen MR) is 81.4 cm³/mol. The summed E-state index contributed by atoms with van der Waals surface area (Å²) in [4.78, 5) is 23.9. The fourth-order valence-corrected chi connectivity index (χ4v) is 3.72. The monoisotopic (exact) mass is 330 g/mol. The number of fused-ring (bicyclic) bond motifs is 1. The van der Waals surface area contributed by atoms with E-state index in [1.807, 2.05) is 27.7 Å². The molecule has 0 aliphatic carbocycles. The smallest absolute Gasteiger partial charge is 0.314 e. The molecule has 0 fully saturated rings. The van der Waals surface area contributed by atoms with Gasteiger partial charge in [0, 0.05) is 5.69 Å². The van der Waals surface area contributed by atoms with Crippen molar-refractivity contribution in [3.63, 3.8) is 0 Å². The molecular formula is C16H21F3N2O2. The van der Waals surface area contributed by atoms with Crippen molar-refractivity contribution < 1.29 is 18.0 Å². The lowest BCUT2D eigenvalue weighted by molar-refractivity contribution is -0.167. The van der Waals surface area contributed by atoms with Crippen molar-refractivity contribution in [2.45, 2.75) is 52.3 Å². The van der Waals surface area contributed by atoms with Crippen LogP contribution in [0.1, 0.15) is 39.8 Å². The zero-order chi connectivity index (χ0) is 17.6. The minimum Gasteiger partial charge on any atom is -0.314 e. The van der Waals surface area contributed by atoms with Crippen LogP contribution in [0.5, 0.6) is 0 Å². The average Bonchev–Trinajstić information content (AvgIpc) is 2.82. The lowest BCUT2D eigenvalue weighted by atomic mass is 9.75. The minimum absolute atomic E-state index is 0.134. The highest BCUT2D eigenvalue weighted by Crippen LogP contribution is 2.43. The molecule has 1 aromatic heterocycles. The maximum absolute atomic E-state index is 12.7. The molecular weight excluding hydrogens is 309 g/mol. The number of carbonyl (C=O) groups excluding carboxylic acids is 1. The fraction of sp³-hybridized carbons (Fsp3) is 0.625. The Bertz CT molecular complexity index is 667. The van der Waals surface area contributed by atoms with Crippen molar-refractivity contribution in [1.29, 1.82) is 0 Å². The molecule has 0 saturated heterocycles. The van der Waals surface area contributed by atoms with E-state index < -0.39 is 23.2 Å². The number of hydrogen-bond acceptors (Lipinski definition) is 2. The van der Waals surface area contributed by atoms with Gasteiger partial charge in [0.05, 0.1) is 5.54 Å². The first kappa shape index (κ1) is 17.6. The van der Waals surface area contributed by atoms with Gasteiger partial charge in [-0.3, -0.25) is 9.59 Å². The average molecular weight is 330 g/mol. The summed E-state index contributed by atoms with van der Waals surface area (Å²) in [6.07, 6.45) is -3.57. The molecule has 0 spiro atoms. The molecule has 2 rings (SSSR count). The molecule has 1 amide bonds.